The average Bonchev–Trinajstić information content (AvgIpc) is 2.94. The van der Waals surface area contributed by atoms with Crippen molar-refractivity contribution in [3.63, 3.8) is 0 Å². The SMILES string of the molecule is C=CC(C)SNC(C/C=C\C)=NCCCNS(=O)c1cn(C)c(C)n1. The number of aliphatic imine (C=N–C) groups is 1. The molecule has 1 aromatic rings. The zero-order valence-corrected chi connectivity index (χ0v) is 17.1. The monoisotopic (exact) mass is 383 g/mol. The second kappa shape index (κ2) is 12.1. The standard InChI is InChI=1S/C17H29N5OS2/c1-6-8-10-16(21-24-14(3)7-2)18-11-9-12-19-25(23)17-13-22(5)15(4)20-17/h6-8,13-14,19H,2,9-12H2,1,3-5H3,(H,18,21)/b8-6-. The molecule has 0 bridgehead atoms. The summed E-state index contributed by atoms with van der Waals surface area (Å²) in [5, 5.41) is 0.885. The summed E-state index contributed by atoms with van der Waals surface area (Å²) in [6.45, 7) is 11.0. The van der Waals surface area contributed by atoms with Crippen molar-refractivity contribution in [2.24, 2.45) is 12.0 Å². The van der Waals surface area contributed by atoms with Gasteiger partial charge in [-0.2, -0.15) is 0 Å². The van der Waals surface area contributed by atoms with Crippen LogP contribution in [0.2, 0.25) is 0 Å². The van der Waals surface area contributed by atoms with Gasteiger partial charge in [0.2, 0.25) is 0 Å². The number of allylic oxidation sites excluding steroid dienone is 1. The molecule has 2 atom stereocenters. The number of hydrogen-bond donors (Lipinski definition) is 2. The van der Waals surface area contributed by atoms with Crippen molar-refractivity contribution in [3.8, 4) is 0 Å². The first-order valence-electron chi connectivity index (χ1n) is 8.31. The third kappa shape index (κ3) is 8.51. The highest BCUT2D eigenvalue weighted by Crippen LogP contribution is 2.07. The van der Waals surface area contributed by atoms with E-state index >= 15 is 0 Å². The summed E-state index contributed by atoms with van der Waals surface area (Å²) < 4.78 is 20.3. The topological polar surface area (TPSA) is 71.3 Å². The van der Waals surface area contributed by atoms with Gasteiger partial charge in [0.25, 0.3) is 0 Å². The van der Waals surface area contributed by atoms with Crippen LogP contribution in [0, 0.1) is 6.92 Å². The third-order valence-electron chi connectivity index (χ3n) is 3.39. The van der Waals surface area contributed by atoms with Crippen LogP contribution in [0.25, 0.3) is 0 Å². The Morgan fingerprint density at radius 2 is 2.36 bits per heavy atom. The zero-order chi connectivity index (χ0) is 18.7. The van der Waals surface area contributed by atoms with Crippen molar-refractivity contribution >= 4 is 28.8 Å². The summed E-state index contributed by atoms with van der Waals surface area (Å²) >= 11 is 1.60. The van der Waals surface area contributed by atoms with E-state index in [9.17, 15) is 4.21 Å². The van der Waals surface area contributed by atoms with Crippen molar-refractivity contribution in [3.05, 3.63) is 36.8 Å². The molecular weight excluding hydrogens is 354 g/mol. The molecule has 1 rings (SSSR count). The first kappa shape index (κ1) is 21.7. The molecular formula is C17H29N5OS2. The highest BCUT2D eigenvalue weighted by atomic mass is 32.2. The predicted molar refractivity (Wildman–Crippen MR) is 109 cm³/mol. The number of imidazole rings is 1. The number of rotatable bonds is 11. The Balaban J connectivity index is 2.38. The van der Waals surface area contributed by atoms with Crippen LogP contribution in [0.4, 0.5) is 0 Å². The molecule has 0 aliphatic rings. The van der Waals surface area contributed by atoms with Gasteiger partial charge in [0.1, 0.15) is 22.6 Å². The smallest absolute Gasteiger partial charge is 0.160 e. The molecule has 0 amide bonds. The molecule has 0 radical (unpaired) electrons. The molecule has 0 aromatic carbocycles. The van der Waals surface area contributed by atoms with E-state index in [-0.39, 0.29) is 0 Å². The quantitative estimate of drug-likeness (QED) is 0.203. The van der Waals surface area contributed by atoms with Gasteiger partial charge in [-0.15, -0.1) is 6.58 Å². The van der Waals surface area contributed by atoms with Crippen molar-refractivity contribution in [1.82, 2.24) is 19.0 Å². The zero-order valence-electron chi connectivity index (χ0n) is 15.5. The van der Waals surface area contributed by atoms with Gasteiger partial charge in [0, 0.05) is 38.0 Å². The van der Waals surface area contributed by atoms with Gasteiger partial charge in [-0.1, -0.05) is 18.2 Å². The van der Waals surface area contributed by atoms with E-state index in [2.05, 4.69) is 39.0 Å². The summed E-state index contributed by atoms with van der Waals surface area (Å²) in [6.07, 6.45) is 9.34. The molecule has 6 nitrogen and oxygen atoms in total. The average molecular weight is 384 g/mol. The van der Waals surface area contributed by atoms with Gasteiger partial charge in [0.15, 0.2) is 5.03 Å². The van der Waals surface area contributed by atoms with Crippen LogP contribution in [0.1, 0.15) is 32.5 Å². The molecule has 2 N–H and O–H groups in total. The molecule has 1 aromatic heterocycles. The number of aromatic nitrogens is 2. The maximum absolute atomic E-state index is 12.1. The van der Waals surface area contributed by atoms with E-state index in [1.54, 1.807) is 18.1 Å². The lowest BCUT2D eigenvalue weighted by atomic mass is 10.3. The molecule has 0 saturated carbocycles. The summed E-state index contributed by atoms with van der Waals surface area (Å²) in [6, 6.07) is 0. The van der Waals surface area contributed by atoms with Gasteiger partial charge >= 0.3 is 0 Å². The lowest BCUT2D eigenvalue weighted by Crippen LogP contribution is -2.21. The Labute approximate surface area is 158 Å². The molecule has 0 aliphatic carbocycles. The van der Waals surface area contributed by atoms with Crippen molar-refractivity contribution in [1.29, 1.82) is 0 Å². The van der Waals surface area contributed by atoms with Crippen LogP contribution in [-0.2, 0) is 18.0 Å². The Bertz CT molecular complexity index is 605. The predicted octanol–water partition coefficient (Wildman–Crippen LogP) is 2.91. The molecule has 8 heteroatoms. The summed E-state index contributed by atoms with van der Waals surface area (Å²) in [4.78, 5) is 8.86. The Hall–Kier alpha value is -1.38. The van der Waals surface area contributed by atoms with Crippen LogP contribution < -0.4 is 9.44 Å². The highest BCUT2D eigenvalue weighted by molar-refractivity contribution is 7.98. The maximum Gasteiger partial charge on any atom is 0.160 e. The minimum Gasteiger partial charge on any atom is -0.337 e. The summed E-state index contributed by atoms with van der Waals surface area (Å²) in [5.74, 6) is 1.79. The van der Waals surface area contributed by atoms with E-state index in [4.69, 9.17) is 0 Å². The summed E-state index contributed by atoms with van der Waals surface area (Å²) in [5.41, 5.74) is 0. The van der Waals surface area contributed by atoms with E-state index in [1.807, 2.05) is 37.6 Å². The lowest BCUT2D eigenvalue weighted by Gasteiger charge is -2.10. The molecule has 2 unspecified atom stereocenters. The maximum atomic E-state index is 12.1. The van der Waals surface area contributed by atoms with Crippen LogP contribution in [0.5, 0.6) is 0 Å². The van der Waals surface area contributed by atoms with Crippen molar-refractivity contribution < 1.29 is 4.21 Å². The van der Waals surface area contributed by atoms with E-state index in [0.29, 0.717) is 23.4 Å². The van der Waals surface area contributed by atoms with E-state index in [0.717, 1.165) is 24.5 Å². The fourth-order valence-electron chi connectivity index (χ4n) is 1.72. The van der Waals surface area contributed by atoms with E-state index in [1.165, 1.54) is 0 Å². The minimum atomic E-state index is -1.28. The molecule has 1 heterocycles. The van der Waals surface area contributed by atoms with Gasteiger partial charge in [-0.05, 0) is 39.1 Å². The Morgan fingerprint density at radius 3 is 2.96 bits per heavy atom. The normalized spacial score (nSPS) is 14.6. The van der Waals surface area contributed by atoms with Gasteiger partial charge in [-0.3, -0.25) is 4.99 Å². The van der Waals surface area contributed by atoms with Gasteiger partial charge < -0.3 is 9.29 Å². The lowest BCUT2D eigenvalue weighted by molar-refractivity contribution is 0.665. The number of aryl methyl sites for hydroxylation is 2. The minimum absolute atomic E-state index is 0.321. The van der Waals surface area contributed by atoms with Crippen LogP contribution >= 0.6 is 11.9 Å². The Kier molecular flexibility index (Phi) is 10.4. The molecule has 25 heavy (non-hydrogen) atoms. The number of nitrogens with one attached hydrogen (secondary N) is 2. The van der Waals surface area contributed by atoms with E-state index < -0.39 is 11.0 Å². The first-order valence-corrected chi connectivity index (χ1v) is 10.3. The number of hydrogen-bond acceptors (Lipinski definition) is 4. The van der Waals surface area contributed by atoms with Gasteiger partial charge in [0.05, 0.1) is 0 Å². The van der Waals surface area contributed by atoms with Gasteiger partial charge in [-0.25, -0.2) is 13.9 Å². The third-order valence-corrected chi connectivity index (χ3v) is 5.35. The largest absolute Gasteiger partial charge is 0.337 e. The van der Waals surface area contributed by atoms with Crippen molar-refractivity contribution in [2.75, 3.05) is 13.1 Å². The van der Waals surface area contributed by atoms with Crippen LogP contribution in [-0.4, -0.2) is 37.9 Å². The number of amidine groups is 1. The molecule has 140 valence electrons. The summed E-state index contributed by atoms with van der Waals surface area (Å²) in [7, 11) is 0.616. The Morgan fingerprint density at radius 1 is 1.60 bits per heavy atom. The molecule has 0 aliphatic heterocycles. The molecule has 0 fully saturated rings. The molecule has 0 saturated heterocycles. The van der Waals surface area contributed by atoms with Crippen LogP contribution in [0.15, 0.2) is 41.0 Å². The fourth-order valence-corrected chi connectivity index (χ4v) is 3.24. The highest BCUT2D eigenvalue weighted by Gasteiger charge is 2.08. The van der Waals surface area contributed by atoms with Crippen LogP contribution in [0.3, 0.4) is 0 Å². The molecule has 0 spiro atoms. The number of nitrogens with zero attached hydrogens (tertiary/aromatic N) is 3. The second-order valence-corrected chi connectivity index (χ2v) is 7.94. The second-order valence-electron chi connectivity index (χ2n) is 5.52. The van der Waals surface area contributed by atoms with Crippen molar-refractivity contribution in [2.45, 2.75) is 43.9 Å². The first-order chi connectivity index (χ1) is 12.0. The fraction of sp³-hybridized carbons (Fsp3) is 0.529.